The van der Waals surface area contributed by atoms with Crippen molar-refractivity contribution in [2.45, 2.75) is 19.4 Å². The van der Waals surface area contributed by atoms with Gasteiger partial charge >= 0.3 is 6.80 Å². The summed E-state index contributed by atoms with van der Waals surface area (Å²) in [5.41, 5.74) is 0. The minimum absolute atomic E-state index is 0.0745. The maximum absolute atomic E-state index is 12.6. The Morgan fingerprint density at radius 1 is 1.78 bits per heavy atom. The van der Waals surface area contributed by atoms with E-state index < -0.39 is 6.80 Å². The Kier molecular flexibility index (Phi) is 2.22. The van der Waals surface area contributed by atoms with Gasteiger partial charge in [0.15, 0.2) is 0 Å². The highest BCUT2D eigenvalue weighted by atomic mass is 32.5. The maximum atomic E-state index is 12.6. The Morgan fingerprint density at radius 2 is 2.44 bits per heavy atom. The zero-order chi connectivity index (χ0) is 6.91. The Balaban J connectivity index is 2.51. The quantitative estimate of drug-likeness (QED) is 0.518. The van der Waals surface area contributed by atoms with Gasteiger partial charge < -0.3 is 9.05 Å². The topological polar surface area (TPSA) is 18.5 Å². The fourth-order valence-electron chi connectivity index (χ4n) is 0.626. The van der Waals surface area contributed by atoms with Crippen LogP contribution < -0.4 is 0 Å². The van der Waals surface area contributed by atoms with Crippen molar-refractivity contribution in [3.63, 3.8) is 0 Å². The molecule has 1 aliphatic heterocycles. The maximum Gasteiger partial charge on any atom is 0.366 e. The van der Waals surface area contributed by atoms with Crippen LogP contribution >= 0.6 is 6.80 Å². The van der Waals surface area contributed by atoms with Gasteiger partial charge in [-0.1, -0.05) is 0 Å². The Bertz CT molecular complexity index is 152. The van der Waals surface area contributed by atoms with Gasteiger partial charge in [0.05, 0.1) is 12.7 Å². The molecule has 1 aliphatic rings. The zero-order valence-corrected chi connectivity index (χ0v) is 6.75. The first-order valence-electron chi connectivity index (χ1n) is 2.73. The standard InChI is InChI=1S/C4H8FO2PS/c1-4-2-3-6-8(5,9)7-4/h4H,2-3H2,1H3. The summed E-state index contributed by atoms with van der Waals surface area (Å²) in [4.78, 5) is 0. The van der Waals surface area contributed by atoms with Crippen molar-refractivity contribution in [3.8, 4) is 0 Å². The zero-order valence-electron chi connectivity index (χ0n) is 5.04. The first-order chi connectivity index (χ1) is 4.10. The normalized spacial score (nSPS) is 44.9. The van der Waals surface area contributed by atoms with Crippen LogP contribution in [0.15, 0.2) is 0 Å². The predicted molar refractivity (Wildman–Crippen MR) is 36.5 cm³/mol. The van der Waals surface area contributed by atoms with Gasteiger partial charge in [-0.2, -0.15) is 4.20 Å². The van der Waals surface area contributed by atoms with Gasteiger partial charge in [0, 0.05) is 0 Å². The second-order valence-corrected chi connectivity index (χ2v) is 4.61. The van der Waals surface area contributed by atoms with E-state index in [1.165, 1.54) is 0 Å². The molecule has 0 aliphatic carbocycles. The van der Waals surface area contributed by atoms with Crippen molar-refractivity contribution in [1.29, 1.82) is 0 Å². The van der Waals surface area contributed by atoms with E-state index in [0.29, 0.717) is 6.61 Å². The van der Waals surface area contributed by atoms with Crippen LogP contribution in [0.3, 0.4) is 0 Å². The molecular weight excluding hydrogens is 162 g/mol. The van der Waals surface area contributed by atoms with Crippen molar-refractivity contribution in [2.24, 2.45) is 0 Å². The van der Waals surface area contributed by atoms with Gasteiger partial charge in [0.1, 0.15) is 0 Å². The molecule has 54 valence electrons. The molecule has 2 nitrogen and oxygen atoms in total. The molecule has 0 aromatic carbocycles. The minimum atomic E-state index is -3.31. The molecule has 0 radical (unpaired) electrons. The van der Waals surface area contributed by atoms with E-state index in [9.17, 15) is 4.20 Å². The van der Waals surface area contributed by atoms with Crippen molar-refractivity contribution >= 4 is 18.6 Å². The molecule has 1 rings (SSSR count). The highest BCUT2D eigenvalue weighted by molar-refractivity contribution is 8.07. The lowest BCUT2D eigenvalue weighted by molar-refractivity contribution is 0.101. The molecule has 0 saturated carbocycles. The molecule has 1 fully saturated rings. The van der Waals surface area contributed by atoms with Crippen LogP contribution in [0, 0.1) is 0 Å². The first kappa shape index (κ1) is 7.61. The summed E-state index contributed by atoms with van der Waals surface area (Å²) in [6.45, 7) is -1.12. The fourth-order valence-corrected chi connectivity index (χ4v) is 2.21. The van der Waals surface area contributed by atoms with Crippen molar-refractivity contribution in [1.82, 2.24) is 0 Å². The smallest absolute Gasteiger partial charge is 0.305 e. The molecule has 1 saturated heterocycles. The highest BCUT2D eigenvalue weighted by Crippen LogP contribution is 2.54. The molecule has 1 heterocycles. The van der Waals surface area contributed by atoms with Crippen LogP contribution in [0.5, 0.6) is 0 Å². The highest BCUT2D eigenvalue weighted by Gasteiger charge is 2.26. The SMILES string of the molecule is CC1CCOP(F)(=S)O1. The molecule has 0 aromatic rings. The van der Waals surface area contributed by atoms with Gasteiger partial charge in [0.2, 0.25) is 0 Å². The molecule has 0 bridgehead atoms. The largest absolute Gasteiger partial charge is 0.366 e. The molecule has 0 amide bonds. The van der Waals surface area contributed by atoms with Gasteiger partial charge in [-0.3, -0.25) is 0 Å². The summed E-state index contributed by atoms with van der Waals surface area (Å²) >= 11 is 4.37. The second kappa shape index (κ2) is 2.62. The number of halogens is 1. The molecule has 0 aromatic heterocycles. The molecule has 0 N–H and O–H groups in total. The Morgan fingerprint density at radius 3 is 2.78 bits per heavy atom. The molecule has 9 heavy (non-hydrogen) atoms. The Labute approximate surface area is 58.6 Å². The van der Waals surface area contributed by atoms with Crippen LogP contribution in [0.1, 0.15) is 13.3 Å². The molecule has 2 atom stereocenters. The first-order valence-corrected chi connectivity index (χ1v) is 5.26. The van der Waals surface area contributed by atoms with Crippen LogP contribution in [-0.2, 0) is 20.9 Å². The summed E-state index contributed by atoms with van der Waals surface area (Å²) in [5, 5.41) is 0. The average Bonchev–Trinajstić information content (AvgIpc) is 1.60. The predicted octanol–water partition coefficient (Wildman–Crippen LogP) is 2.01. The lowest BCUT2D eigenvalue weighted by Gasteiger charge is -2.23. The third-order valence-corrected chi connectivity index (χ3v) is 2.75. The minimum Gasteiger partial charge on any atom is -0.305 e. The van der Waals surface area contributed by atoms with Gasteiger partial charge in [-0.05, 0) is 25.2 Å². The fraction of sp³-hybridized carbons (Fsp3) is 1.00. The molecule has 5 heteroatoms. The van der Waals surface area contributed by atoms with Crippen LogP contribution in [-0.4, -0.2) is 12.7 Å². The van der Waals surface area contributed by atoms with Gasteiger partial charge in [-0.25, -0.2) is 0 Å². The lowest BCUT2D eigenvalue weighted by atomic mass is 10.3. The van der Waals surface area contributed by atoms with E-state index in [-0.39, 0.29) is 6.10 Å². The van der Waals surface area contributed by atoms with Crippen molar-refractivity contribution in [2.75, 3.05) is 6.61 Å². The second-order valence-electron chi connectivity index (χ2n) is 1.97. The number of hydrogen-bond acceptors (Lipinski definition) is 3. The lowest BCUT2D eigenvalue weighted by Crippen LogP contribution is -2.14. The molecule has 0 spiro atoms. The summed E-state index contributed by atoms with van der Waals surface area (Å²) in [6, 6.07) is 0. The molecular formula is C4H8FO2PS. The van der Waals surface area contributed by atoms with Gasteiger partial charge in [-0.15, -0.1) is 0 Å². The monoisotopic (exact) mass is 170 g/mol. The molecule has 2 unspecified atom stereocenters. The van der Waals surface area contributed by atoms with E-state index in [1.54, 1.807) is 6.92 Å². The van der Waals surface area contributed by atoms with E-state index >= 15 is 0 Å². The van der Waals surface area contributed by atoms with Crippen LogP contribution in [0.25, 0.3) is 0 Å². The van der Waals surface area contributed by atoms with Crippen LogP contribution in [0.2, 0.25) is 0 Å². The summed E-state index contributed by atoms with van der Waals surface area (Å²) in [5.74, 6) is 0. The number of hydrogen-bond donors (Lipinski definition) is 0. The summed E-state index contributed by atoms with van der Waals surface area (Å²) in [7, 11) is 0. The van der Waals surface area contributed by atoms with E-state index in [4.69, 9.17) is 4.52 Å². The average molecular weight is 170 g/mol. The van der Waals surface area contributed by atoms with Crippen molar-refractivity contribution < 1.29 is 13.2 Å². The number of rotatable bonds is 0. The van der Waals surface area contributed by atoms with E-state index in [0.717, 1.165) is 6.42 Å². The summed E-state index contributed by atoms with van der Waals surface area (Å²) in [6.07, 6.45) is 0.664. The third-order valence-electron chi connectivity index (χ3n) is 1.08. The Hall–Kier alpha value is 0.500. The van der Waals surface area contributed by atoms with E-state index in [2.05, 4.69) is 16.3 Å². The van der Waals surface area contributed by atoms with Gasteiger partial charge in [0.25, 0.3) is 0 Å². The van der Waals surface area contributed by atoms with Crippen LogP contribution in [0.4, 0.5) is 4.20 Å². The van der Waals surface area contributed by atoms with Crippen molar-refractivity contribution in [3.05, 3.63) is 0 Å². The van der Waals surface area contributed by atoms with E-state index in [1.807, 2.05) is 0 Å². The third kappa shape index (κ3) is 2.30. The summed E-state index contributed by atoms with van der Waals surface area (Å²) < 4.78 is 21.9.